The highest BCUT2D eigenvalue weighted by atomic mass is 32.1. The fourth-order valence-electron chi connectivity index (χ4n) is 3.06. The van der Waals surface area contributed by atoms with Gasteiger partial charge in [0.05, 0.1) is 10.7 Å². The smallest absolute Gasteiger partial charge is 0.326 e. The van der Waals surface area contributed by atoms with Crippen LogP contribution in [-0.4, -0.2) is 39.5 Å². The molecule has 0 spiro atoms. The third-order valence-corrected chi connectivity index (χ3v) is 5.43. The van der Waals surface area contributed by atoms with E-state index in [1.54, 1.807) is 0 Å². The van der Waals surface area contributed by atoms with Crippen LogP contribution in [0, 0.1) is 6.92 Å². The minimum Gasteiger partial charge on any atom is -0.480 e. The first kappa shape index (κ1) is 16.6. The number of hydrogen-bond donors (Lipinski definition) is 1. The lowest BCUT2D eigenvalue weighted by Gasteiger charge is -2.32. The number of piperidine rings is 1. The van der Waals surface area contributed by atoms with E-state index in [2.05, 4.69) is 4.98 Å². The molecule has 5 nitrogen and oxygen atoms in total. The summed E-state index contributed by atoms with van der Waals surface area (Å²) in [6.07, 6.45) is 2.91. The van der Waals surface area contributed by atoms with E-state index in [1.165, 1.54) is 16.2 Å². The summed E-state index contributed by atoms with van der Waals surface area (Å²) in [5.74, 6) is -1.12. The predicted octanol–water partition coefficient (Wildman–Crippen LogP) is 3.12. The van der Waals surface area contributed by atoms with Crippen molar-refractivity contribution in [1.29, 1.82) is 0 Å². The molecular formula is C18H20N2O3S. The molecule has 2 heterocycles. The number of likely N-dealkylation sites (tertiary alicyclic amines) is 1. The van der Waals surface area contributed by atoms with Gasteiger partial charge in [0.25, 0.3) is 5.91 Å². The molecule has 3 rings (SSSR count). The van der Waals surface area contributed by atoms with Gasteiger partial charge < -0.3 is 10.0 Å². The molecule has 6 heteroatoms. The van der Waals surface area contributed by atoms with Crippen LogP contribution < -0.4 is 0 Å². The number of hydrogen-bond acceptors (Lipinski definition) is 4. The molecule has 1 aliphatic rings. The second kappa shape index (κ2) is 7.13. The molecule has 0 unspecified atom stereocenters. The molecule has 1 atom stereocenters. The summed E-state index contributed by atoms with van der Waals surface area (Å²) >= 11 is 1.37. The number of carbonyl (C=O) groups is 2. The van der Waals surface area contributed by atoms with Gasteiger partial charge in [0, 0.05) is 13.0 Å². The van der Waals surface area contributed by atoms with Crippen LogP contribution in [0.5, 0.6) is 0 Å². The number of carboxylic acids is 1. The third kappa shape index (κ3) is 3.48. The van der Waals surface area contributed by atoms with Crippen LogP contribution in [0.3, 0.4) is 0 Å². The largest absolute Gasteiger partial charge is 0.480 e. The van der Waals surface area contributed by atoms with Gasteiger partial charge in [0.2, 0.25) is 0 Å². The minimum absolute atomic E-state index is 0.198. The summed E-state index contributed by atoms with van der Waals surface area (Å²) < 4.78 is 0. The van der Waals surface area contributed by atoms with Crippen molar-refractivity contribution in [2.24, 2.45) is 0 Å². The van der Waals surface area contributed by atoms with Crippen LogP contribution in [0.1, 0.15) is 45.2 Å². The van der Waals surface area contributed by atoms with Gasteiger partial charge in [-0.05, 0) is 31.7 Å². The Morgan fingerprint density at radius 3 is 2.75 bits per heavy atom. The lowest BCUT2D eigenvalue weighted by Crippen LogP contribution is -2.47. The summed E-state index contributed by atoms with van der Waals surface area (Å²) in [5, 5.41) is 10.2. The number of benzene rings is 1. The van der Waals surface area contributed by atoms with Crippen molar-refractivity contribution in [2.75, 3.05) is 6.54 Å². The number of amides is 1. The van der Waals surface area contributed by atoms with E-state index in [0.717, 1.165) is 23.4 Å². The number of aryl methyl sites for hydroxylation is 1. The molecule has 24 heavy (non-hydrogen) atoms. The Bertz CT molecular complexity index is 742. The molecule has 126 valence electrons. The number of carbonyl (C=O) groups excluding carboxylic acids is 1. The molecule has 1 N–H and O–H groups in total. The molecule has 0 aliphatic carbocycles. The van der Waals surface area contributed by atoms with Gasteiger partial charge in [-0.1, -0.05) is 30.3 Å². The van der Waals surface area contributed by atoms with Crippen LogP contribution in [0.4, 0.5) is 0 Å². The van der Waals surface area contributed by atoms with Crippen molar-refractivity contribution in [3.05, 3.63) is 51.5 Å². The molecule has 1 amide bonds. The van der Waals surface area contributed by atoms with E-state index in [-0.39, 0.29) is 5.91 Å². The van der Waals surface area contributed by atoms with Crippen LogP contribution in [0.2, 0.25) is 0 Å². The van der Waals surface area contributed by atoms with Crippen LogP contribution in [0.25, 0.3) is 0 Å². The monoisotopic (exact) mass is 344 g/mol. The molecule has 1 aromatic heterocycles. The van der Waals surface area contributed by atoms with E-state index >= 15 is 0 Å². The highest BCUT2D eigenvalue weighted by molar-refractivity contribution is 7.13. The molecule has 0 bridgehead atoms. The molecule has 0 saturated carbocycles. The number of aromatic nitrogens is 1. The van der Waals surface area contributed by atoms with Crippen molar-refractivity contribution in [3.8, 4) is 0 Å². The first-order chi connectivity index (χ1) is 11.6. The van der Waals surface area contributed by atoms with Crippen LogP contribution in [-0.2, 0) is 11.2 Å². The molecule has 1 fully saturated rings. The predicted molar refractivity (Wildman–Crippen MR) is 92.4 cm³/mol. The van der Waals surface area contributed by atoms with E-state index in [4.69, 9.17) is 0 Å². The van der Waals surface area contributed by atoms with E-state index in [0.29, 0.717) is 30.0 Å². The second-order valence-corrected chi connectivity index (χ2v) is 7.12. The topological polar surface area (TPSA) is 70.5 Å². The summed E-state index contributed by atoms with van der Waals surface area (Å²) in [4.78, 5) is 30.8. The Morgan fingerprint density at radius 1 is 1.29 bits per heavy atom. The Hall–Kier alpha value is -2.21. The zero-order valence-corrected chi connectivity index (χ0v) is 14.4. The van der Waals surface area contributed by atoms with Gasteiger partial charge in [-0.15, -0.1) is 11.3 Å². The highest BCUT2D eigenvalue weighted by Gasteiger charge is 2.34. The zero-order chi connectivity index (χ0) is 17.1. The molecular weight excluding hydrogens is 324 g/mol. The quantitative estimate of drug-likeness (QED) is 0.925. The molecule has 1 aliphatic heterocycles. The Labute approximate surface area is 145 Å². The van der Waals surface area contributed by atoms with Crippen LogP contribution in [0.15, 0.2) is 30.3 Å². The van der Waals surface area contributed by atoms with Gasteiger partial charge in [0.1, 0.15) is 10.9 Å². The summed E-state index contributed by atoms with van der Waals surface area (Å²) in [7, 11) is 0. The van der Waals surface area contributed by atoms with E-state index in [1.807, 2.05) is 37.3 Å². The Morgan fingerprint density at radius 2 is 2.04 bits per heavy atom. The van der Waals surface area contributed by atoms with Crippen LogP contribution >= 0.6 is 11.3 Å². The van der Waals surface area contributed by atoms with Crippen molar-refractivity contribution in [2.45, 2.75) is 38.6 Å². The van der Waals surface area contributed by atoms with Gasteiger partial charge in [0.15, 0.2) is 0 Å². The summed E-state index contributed by atoms with van der Waals surface area (Å²) in [6.45, 7) is 2.32. The maximum atomic E-state index is 12.8. The maximum Gasteiger partial charge on any atom is 0.326 e. The van der Waals surface area contributed by atoms with Gasteiger partial charge in [-0.3, -0.25) is 4.79 Å². The number of aliphatic carboxylic acids is 1. The van der Waals surface area contributed by atoms with Gasteiger partial charge in [-0.25, -0.2) is 9.78 Å². The lowest BCUT2D eigenvalue weighted by atomic mass is 10.0. The van der Waals surface area contributed by atoms with Crippen molar-refractivity contribution in [1.82, 2.24) is 9.88 Å². The van der Waals surface area contributed by atoms with Gasteiger partial charge in [-0.2, -0.15) is 0 Å². The molecule has 0 radical (unpaired) electrons. The average Bonchev–Trinajstić information content (AvgIpc) is 2.95. The number of carboxylic acid groups (broad SMARTS) is 1. The Kier molecular flexibility index (Phi) is 4.94. The fourth-order valence-corrected chi connectivity index (χ4v) is 4.11. The zero-order valence-electron chi connectivity index (χ0n) is 13.6. The number of thiazole rings is 1. The standard InChI is InChI=1S/C18H20N2O3S/c1-12-16(17(21)20-10-6-5-9-14(20)18(22)23)24-15(19-12)11-13-7-3-2-4-8-13/h2-4,7-8,14H,5-6,9-11H2,1H3,(H,22,23)/t14-/m1/s1. The van der Waals surface area contributed by atoms with E-state index < -0.39 is 12.0 Å². The summed E-state index contributed by atoms with van der Waals surface area (Å²) in [6, 6.07) is 9.27. The van der Waals surface area contributed by atoms with E-state index in [9.17, 15) is 14.7 Å². The molecule has 2 aromatic rings. The maximum absolute atomic E-state index is 12.8. The Balaban J connectivity index is 1.81. The molecule has 1 saturated heterocycles. The first-order valence-corrected chi connectivity index (χ1v) is 8.92. The highest BCUT2D eigenvalue weighted by Crippen LogP contribution is 2.26. The van der Waals surface area contributed by atoms with Crippen molar-refractivity contribution in [3.63, 3.8) is 0 Å². The van der Waals surface area contributed by atoms with Crippen molar-refractivity contribution >= 4 is 23.2 Å². The SMILES string of the molecule is Cc1nc(Cc2ccccc2)sc1C(=O)N1CCCC[C@@H]1C(=O)O. The normalized spacial score (nSPS) is 17.7. The van der Waals surface area contributed by atoms with Crippen molar-refractivity contribution < 1.29 is 14.7 Å². The lowest BCUT2D eigenvalue weighted by molar-refractivity contribution is -0.143. The third-order valence-electron chi connectivity index (χ3n) is 4.28. The number of nitrogens with zero attached hydrogens (tertiary/aromatic N) is 2. The average molecular weight is 344 g/mol. The summed E-state index contributed by atoms with van der Waals surface area (Å²) in [5.41, 5.74) is 1.83. The second-order valence-electron chi connectivity index (χ2n) is 6.03. The van der Waals surface area contributed by atoms with Gasteiger partial charge >= 0.3 is 5.97 Å². The minimum atomic E-state index is -0.922. The number of rotatable bonds is 4. The molecule has 1 aromatic carbocycles. The first-order valence-electron chi connectivity index (χ1n) is 8.10. The fraction of sp³-hybridized carbons (Fsp3) is 0.389.